The summed E-state index contributed by atoms with van der Waals surface area (Å²) in [7, 11) is 1.87. The Kier molecular flexibility index (Phi) is 2.92. The van der Waals surface area contributed by atoms with E-state index in [1.807, 2.05) is 25.4 Å². The van der Waals surface area contributed by atoms with Gasteiger partial charge in [0.25, 0.3) is 0 Å². The number of nitrogens with one attached hydrogen (secondary N) is 1. The largest absolute Gasteiger partial charge is 0.373 e. The Bertz CT molecular complexity index is 553. The molecule has 0 spiro atoms. The van der Waals surface area contributed by atoms with Crippen molar-refractivity contribution in [3.8, 4) is 0 Å². The second-order valence-corrected chi connectivity index (χ2v) is 4.57. The summed E-state index contributed by atoms with van der Waals surface area (Å²) in [6.07, 6.45) is 6.94. The zero-order valence-corrected chi connectivity index (χ0v) is 10.4. The van der Waals surface area contributed by atoms with Gasteiger partial charge in [-0.25, -0.2) is 9.97 Å². The predicted molar refractivity (Wildman–Crippen MR) is 70.6 cm³/mol. The van der Waals surface area contributed by atoms with E-state index in [1.165, 1.54) is 17.7 Å². The van der Waals surface area contributed by atoms with E-state index in [0.717, 1.165) is 24.4 Å². The molecule has 1 atom stereocenters. The fourth-order valence-electron chi connectivity index (χ4n) is 2.60. The van der Waals surface area contributed by atoms with E-state index in [1.54, 1.807) is 6.33 Å². The van der Waals surface area contributed by atoms with Crippen molar-refractivity contribution >= 4 is 5.82 Å². The number of hydrogen-bond donors (Lipinski definition) is 1. The van der Waals surface area contributed by atoms with Gasteiger partial charge < -0.3 is 5.32 Å². The Balaban J connectivity index is 2.02. The van der Waals surface area contributed by atoms with Crippen LogP contribution in [-0.2, 0) is 6.42 Å². The van der Waals surface area contributed by atoms with Gasteiger partial charge in [0.2, 0.25) is 0 Å². The first kappa shape index (κ1) is 11.1. The molecule has 2 aromatic heterocycles. The zero-order chi connectivity index (χ0) is 12.4. The molecule has 2 heterocycles. The minimum absolute atomic E-state index is 0.310. The van der Waals surface area contributed by atoms with E-state index >= 15 is 0 Å². The molecule has 0 radical (unpaired) electrons. The summed E-state index contributed by atoms with van der Waals surface area (Å²) in [5.41, 5.74) is 3.61. The average Bonchev–Trinajstić information content (AvgIpc) is 2.47. The first-order valence-electron chi connectivity index (χ1n) is 6.32. The third-order valence-electron chi connectivity index (χ3n) is 3.50. The topological polar surface area (TPSA) is 50.7 Å². The Morgan fingerprint density at radius 1 is 1.28 bits per heavy atom. The smallest absolute Gasteiger partial charge is 0.129 e. The maximum Gasteiger partial charge on any atom is 0.129 e. The van der Waals surface area contributed by atoms with Crippen molar-refractivity contribution in [3.05, 3.63) is 47.7 Å². The van der Waals surface area contributed by atoms with Crippen molar-refractivity contribution in [3.63, 3.8) is 0 Å². The van der Waals surface area contributed by atoms with Crippen LogP contribution in [0.1, 0.15) is 35.7 Å². The number of aryl methyl sites for hydroxylation is 1. The average molecular weight is 240 g/mol. The van der Waals surface area contributed by atoms with Gasteiger partial charge in [-0.15, -0.1) is 0 Å². The lowest BCUT2D eigenvalue weighted by Crippen LogP contribution is -2.14. The first-order chi connectivity index (χ1) is 8.88. The molecule has 0 bridgehead atoms. The molecule has 2 aromatic rings. The summed E-state index contributed by atoms with van der Waals surface area (Å²) in [5, 5.41) is 3.06. The van der Waals surface area contributed by atoms with E-state index in [2.05, 4.69) is 26.3 Å². The molecule has 0 amide bonds. The maximum absolute atomic E-state index is 4.55. The number of nitrogens with zero attached hydrogens (tertiary/aromatic N) is 3. The SMILES string of the molecule is CNc1cc(C2CCCc3cccnc32)ncn1. The lowest BCUT2D eigenvalue weighted by molar-refractivity contribution is 0.587. The standard InChI is InChI=1S/C14H16N4/c1-15-13-8-12(17-9-18-13)11-6-2-4-10-5-3-7-16-14(10)11/h3,5,7-9,11H,2,4,6H2,1H3,(H,15,17,18). The summed E-state index contributed by atoms with van der Waals surface area (Å²) < 4.78 is 0. The summed E-state index contributed by atoms with van der Waals surface area (Å²) >= 11 is 0. The third-order valence-corrected chi connectivity index (χ3v) is 3.50. The minimum atomic E-state index is 0.310. The molecule has 92 valence electrons. The van der Waals surface area contributed by atoms with Gasteiger partial charge in [0.05, 0.1) is 11.4 Å². The maximum atomic E-state index is 4.55. The molecule has 3 rings (SSSR count). The van der Waals surface area contributed by atoms with Crippen LogP contribution in [-0.4, -0.2) is 22.0 Å². The zero-order valence-electron chi connectivity index (χ0n) is 10.4. The number of anilines is 1. The van der Waals surface area contributed by atoms with Gasteiger partial charge in [-0.3, -0.25) is 4.98 Å². The molecule has 0 saturated carbocycles. The Morgan fingerprint density at radius 3 is 3.11 bits per heavy atom. The molecule has 1 aliphatic carbocycles. The lowest BCUT2D eigenvalue weighted by Gasteiger charge is -2.23. The van der Waals surface area contributed by atoms with Crippen molar-refractivity contribution in [2.75, 3.05) is 12.4 Å². The molecular formula is C14H16N4. The number of rotatable bonds is 2. The molecule has 1 unspecified atom stereocenters. The van der Waals surface area contributed by atoms with Crippen LogP contribution >= 0.6 is 0 Å². The van der Waals surface area contributed by atoms with Crippen LogP contribution in [0.15, 0.2) is 30.7 Å². The van der Waals surface area contributed by atoms with Gasteiger partial charge in [0.1, 0.15) is 12.1 Å². The normalized spacial score (nSPS) is 18.2. The fraction of sp³-hybridized carbons (Fsp3) is 0.357. The molecular weight excluding hydrogens is 224 g/mol. The minimum Gasteiger partial charge on any atom is -0.373 e. The van der Waals surface area contributed by atoms with Crippen LogP contribution in [0.2, 0.25) is 0 Å². The monoisotopic (exact) mass is 240 g/mol. The molecule has 1 aliphatic rings. The lowest BCUT2D eigenvalue weighted by atomic mass is 9.84. The predicted octanol–water partition coefficient (Wildman–Crippen LogP) is 2.38. The van der Waals surface area contributed by atoms with Crippen molar-refractivity contribution in [1.82, 2.24) is 15.0 Å². The molecule has 0 saturated heterocycles. The third kappa shape index (κ3) is 1.94. The second-order valence-electron chi connectivity index (χ2n) is 4.57. The Labute approximate surface area is 107 Å². The highest BCUT2D eigenvalue weighted by molar-refractivity contribution is 5.39. The van der Waals surface area contributed by atoms with E-state index < -0.39 is 0 Å². The molecule has 4 nitrogen and oxygen atoms in total. The number of hydrogen-bond acceptors (Lipinski definition) is 4. The van der Waals surface area contributed by atoms with Gasteiger partial charge in [0, 0.05) is 25.2 Å². The fourth-order valence-corrected chi connectivity index (χ4v) is 2.60. The summed E-state index contributed by atoms with van der Waals surface area (Å²) in [4.78, 5) is 13.1. The van der Waals surface area contributed by atoms with Gasteiger partial charge in [-0.05, 0) is 30.9 Å². The van der Waals surface area contributed by atoms with Crippen LogP contribution in [0.25, 0.3) is 0 Å². The summed E-state index contributed by atoms with van der Waals surface area (Å²) in [6.45, 7) is 0. The van der Waals surface area contributed by atoms with Crippen LogP contribution in [0.4, 0.5) is 5.82 Å². The molecule has 4 heteroatoms. The molecule has 0 aromatic carbocycles. The van der Waals surface area contributed by atoms with Crippen molar-refractivity contribution in [2.24, 2.45) is 0 Å². The van der Waals surface area contributed by atoms with Crippen molar-refractivity contribution in [2.45, 2.75) is 25.2 Å². The van der Waals surface area contributed by atoms with E-state index in [9.17, 15) is 0 Å². The number of aromatic nitrogens is 3. The van der Waals surface area contributed by atoms with Crippen LogP contribution in [0, 0.1) is 0 Å². The van der Waals surface area contributed by atoms with E-state index in [4.69, 9.17) is 0 Å². The van der Waals surface area contributed by atoms with E-state index in [0.29, 0.717) is 5.92 Å². The van der Waals surface area contributed by atoms with E-state index in [-0.39, 0.29) is 0 Å². The summed E-state index contributed by atoms with van der Waals surface area (Å²) in [5.74, 6) is 1.17. The summed E-state index contributed by atoms with van der Waals surface area (Å²) in [6, 6.07) is 6.21. The van der Waals surface area contributed by atoms with Crippen molar-refractivity contribution in [1.29, 1.82) is 0 Å². The highest BCUT2D eigenvalue weighted by atomic mass is 15.0. The Morgan fingerprint density at radius 2 is 2.22 bits per heavy atom. The number of pyridine rings is 1. The highest BCUT2D eigenvalue weighted by Gasteiger charge is 2.24. The van der Waals surface area contributed by atoms with Gasteiger partial charge >= 0.3 is 0 Å². The first-order valence-corrected chi connectivity index (χ1v) is 6.32. The van der Waals surface area contributed by atoms with Crippen molar-refractivity contribution < 1.29 is 0 Å². The molecule has 0 aliphatic heterocycles. The van der Waals surface area contributed by atoms with Crippen LogP contribution < -0.4 is 5.32 Å². The van der Waals surface area contributed by atoms with Gasteiger partial charge in [0.15, 0.2) is 0 Å². The van der Waals surface area contributed by atoms with Gasteiger partial charge in [-0.1, -0.05) is 6.07 Å². The van der Waals surface area contributed by atoms with Crippen LogP contribution in [0.3, 0.4) is 0 Å². The Hall–Kier alpha value is -1.97. The number of fused-ring (bicyclic) bond motifs is 1. The van der Waals surface area contributed by atoms with Gasteiger partial charge in [-0.2, -0.15) is 0 Å². The second kappa shape index (κ2) is 4.72. The quantitative estimate of drug-likeness (QED) is 0.875. The molecule has 0 fully saturated rings. The molecule has 18 heavy (non-hydrogen) atoms. The highest BCUT2D eigenvalue weighted by Crippen LogP contribution is 2.34. The van der Waals surface area contributed by atoms with Crippen LogP contribution in [0.5, 0.6) is 0 Å². The molecule has 1 N–H and O–H groups in total.